The summed E-state index contributed by atoms with van der Waals surface area (Å²) in [7, 11) is 3.99. The van der Waals surface area contributed by atoms with Crippen LogP contribution in [0.3, 0.4) is 0 Å². The first-order chi connectivity index (χ1) is 11.1. The molecule has 2 aromatic carbocycles. The second-order valence-corrected chi connectivity index (χ2v) is 5.29. The van der Waals surface area contributed by atoms with Gasteiger partial charge in [-0.1, -0.05) is 30.3 Å². The van der Waals surface area contributed by atoms with Gasteiger partial charge in [-0.15, -0.1) is 0 Å². The number of hydrogen-bond acceptors (Lipinski definition) is 4. The van der Waals surface area contributed by atoms with Gasteiger partial charge in [-0.05, 0) is 43.9 Å². The van der Waals surface area contributed by atoms with E-state index < -0.39 is 0 Å². The van der Waals surface area contributed by atoms with Crippen LogP contribution in [0.25, 0.3) is 0 Å². The lowest BCUT2D eigenvalue weighted by Gasteiger charge is -2.11. The topological polar surface area (TPSA) is 53.9 Å². The van der Waals surface area contributed by atoms with Crippen LogP contribution in [-0.2, 0) is 0 Å². The van der Waals surface area contributed by atoms with Gasteiger partial charge in [0.05, 0.1) is 6.21 Å². The van der Waals surface area contributed by atoms with Gasteiger partial charge in [-0.2, -0.15) is 5.10 Å². The maximum Gasteiger partial charge on any atom is 0.271 e. The molecule has 23 heavy (non-hydrogen) atoms. The van der Waals surface area contributed by atoms with Gasteiger partial charge in [-0.25, -0.2) is 5.43 Å². The van der Waals surface area contributed by atoms with Crippen LogP contribution in [0, 0.1) is 0 Å². The van der Waals surface area contributed by atoms with Crippen LogP contribution in [0.15, 0.2) is 59.7 Å². The molecule has 0 bridgehead atoms. The minimum absolute atomic E-state index is 0.253. The monoisotopic (exact) mass is 311 g/mol. The standard InChI is InChI=1S/C18H21N3O2/c1-21(2)12-13-23-17-10-8-16(9-11-17)18(22)20-19-14-15-6-4-3-5-7-15/h3-11,14H,12-13H2,1-2H3,(H,20,22)/b19-14+. The zero-order valence-corrected chi connectivity index (χ0v) is 13.4. The molecule has 5 nitrogen and oxygen atoms in total. The Morgan fingerprint density at radius 3 is 2.48 bits per heavy atom. The van der Waals surface area contributed by atoms with Crippen LogP contribution in [-0.4, -0.2) is 44.3 Å². The highest BCUT2D eigenvalue weighted by Gasteiger charge is 2.04. The first kappa shape index (κ1) is 16.7. The van der Waals surface area contributed by atoms with Crippen LogP contribution in [0.2, 0.25) is 0 Å². The van der Waals surface area contributed by atoms with E-state index in [9.17, 15) is 4.79 Å². The van der Waals surface area contributed by atoms with Crippen molar-refractivity contribution in [2.45, 2.75) is 0 Å². The summed E-state index contributed by atoms with van der Waals surface area (Å²) in [6.07, 6.45) is 1.61. The lowest BCUT2D eigenvalue weighted by atomic mass is 10.2. The number of rotatable bonds is 7. The number of nitrogens with zero attached hydrogens (tertiary/aromatic N) is 2. The molecular formula is C18H21N3O2. The van der Waals surface area contributed by atoms with Crippen LogP contribution in [0.1, 0.15) is 15.9 Å². The molecule has 0 saturated heterocycles. The Morgan fingerprint density at radius 2 is 1.83 bits per heavy atom. The Morgan fingerprint density at radius 1 is 1.13 bits per heavy atom. The maximum atomic E-state index is 12.0. The van der Waals surface area contributed by atoms with E-state index in [4.69, 9.17) is 4.74 Å². The molecule has 0 unspecified atom stereocenters. The molecule has 5 heteroatoms. The van der Waals surface area contributed by atoms with E-state index in [1.54, 1.807) is 30.5 Å². The summed E-state index contributed by atoms with van der Waals surface area (Å²) in [4.78, 5) is 14.0. The molecule has 120 valence electrons. The summed E-state index contributed by atoms with van der Waals surface area (Å²) in [6, 6.07) is 16.6. The van der Waals surface area contributed by atoms with E-state index >= 15 is 0 Å². The second-order valence-electron chi connectivity index (χ2n) is 5.29. The highest BCUT2D eigenvalue weighted by molar-refractivity contribution is 5.94. The number of hydrogen-bond donors (Lipinski definition) is 1. The van der Waals surface area contributed by atoms with E-state index in [0.717, 1.165) is 17.9 Å². The molecule has 0 fully saturated rings. The van der Waals surface area contributed by atoms with Gasteiger partial charge in [0.25, 0.3) is 5.91 Å². The van der Waals surface area contributed by atoms with Crippen molar-refractivity contribution >= 4 is 12.1 Å². The number of benzene rings is 2. The van der Waals surface area contributed by atoms with Crippen LogP contribution in [0.5, 0.6) is 5.75 Å². The number of carbonyl (C=O) groups is 1. The number of carbonyl (C=O) groups excluding carboxylic acids is 1. The highest BCUT2D eigenvalue weighted by atomic mass is 16.5. The number of ether oxygens (including phenoxy) is 1. The predicted octanol–water partition coefficient (Wildman–Crippen LogP) is 2.39. The predicted molar refractivity (Wildman–Crippen MR) is 92.0 cm³/mol. The number of likely N-dealkylation sites (N-methyl/N-ethyl adjacent to an activating group) is 1. The van der Waals surface area contributed by atoms with Gasteiger partial charge in [0.15, 0.2) is 0 Å². The van der Waals surface area contributed by atoms with E-state index in [1.807, 2.05) is 49.3 Å². The van der Waals surface area contributed by atoms with Crippen molar-refractivity contribution in [3.63, 3.8) is 0 Å². The van der Waals surface area contributed by atoms with Gasteiger partial charge >= 0.3 is 0 Å². The van der Waals surface area contributed by atoms with Gasteiger partial charge in [0.2, 0.25) is 0 Å². The molecule has 2 aromatic rings. The normalized spacial score (nSPS) is 10.9. The van der Waals surface area contributed by atoms with E-state index in [2.05, 4.69) is 10.5 Å². The quantitative estimate of drug-likeness (QED) is 0.631. The number of hydrazone groups is 1. The minimum Gasteiger partial charge on any atom is -0.492 e. The van der Waals surface area contributed by atoms with Crippen molar-refractivity contribution < 1.29 is 9.53 Å². The van der Waals surface area contributed by atoms with Crippen LogP contribution < -0.4 is 10.2 Å². The summed E-state index contributed by atoms with van der Waals surface area (Å²) in [5.41, 5.74) is 3.97. The van der Waals surface area contributed by atoms with E-state index in [-0.39, 0.29) is 5.91 Å². The van der Waals surface area contributed by atoms with Gasteiger partial charge in [0.1, 0.15) is 12.4 Å². The lowest BCUT2D eigenvalue weighted by Crippen LogP contribution is -2.19. The third kappa shape index (κ3) is 5.92. The Labute approximate surface area is 136 Å². The molecule has 0 aliphatic rings. The molecule has 0 saturated carbocycles. The lowest BCUT2D eigenvalue weighted by molar-refractivity contribution is 0.0955. The summed E-state index contributed by atoms with van der Waals surface area (Å²) >= 11 is 0. The Bertz CT molecular complexity index is 637. The van der Waals surface area contributed by atoms with E-state index in [0.29, 0.717) is 12.2 Å². The van der Waals surface area contributed by atoms with Crippen molar-refractivity contribution in [3.8, 4) is 5.75 Å². The second kappa shape index (κ2) is 8.70. The largest absolute Gasteiger partial charge is 0.492 e. The van der Waals surface area contributed by atoms with Crippen molar-refractivity contribution in [3.05, 3.63) is 65.7 Å². The molecule has 0 aliphatic heterocycles. The van der Waals surface area contributed by atoms with Gasteiger partial charge in [-0.3, -0.25) is 4.79 Å². The van der Waals surface area contributed by atoms with Gasteiger partial charge < -0.3 is 9.64 Å². The molecule has 2 rings (SSSR count). The maximum absolute atomic E-state index is 12.0. The molecule has 0 radical (unpaired) electrons. The number of nitrogens with one attached hydrogen (secondary N) is 1. The fourth-order valence-corrected chi connectivity index (χ4v) is 1.82. The molecule has 0 spiro atoms. The summed E-state index contributed by atoms with van der Waals surface area (Å²) in [5.74, 6) is 0.494. The smallest absolute Gasteiger partial charge is 0.271 e. The van der Waals surface area contributed by atoms with Crippen molar-refractivity contribution in [2.75, 3.05) is 27.2 Å². The minimum atomic E-state index is -0.253. The van der Waals surface area contributed by atoms with Crippen molar-refractivity contribution in [1.82, 2.24) is 10.3 Å². The molecule has 0 aliphatic carbocycles. The fourth-order valence-electron chi connectivity index (χ4n) is 1.82. The summed E-state index contributed by atoms with van der Waals surface area (Å²) in [6.45, 7) is 1.45. The third-order valence-corrected chi connectivity index (χ3v) is 3.10. The van der Waals surface area contributed by atoms with Crippen LogP contribution >= 0.6 is 0 Å². The first-order valence-electron chi connectivity index (χ1n) is 7.41. The summed E-state index contributed by atoms with van der Waals surface area (Å²) < 4.78 is 5.59. The van der Waals surface area contributed by atoms with Gasteiger partial charge in [0, 0.05) is 12.1 Å². The Balaban J connectivity index is 1.84. The first-order valence-corrected chi connectivity index (χ1v) is 7.41. The SMILES string of the molecule is CN(C)CCOc1ccc(C(=O)N/N=C/c2ccccc2)cc1. The number of amides is 1. The fraction of sp³-hybridized carbons (Fsp3) is 0.222. The van der Waals surface area contributed by atoms with Crippen molar-refractivity contribution in [2.24, 2.45) is 5.10 Å². The Hall–Kier alpha value is -2.66. The third-order valence-electron chi connectivity index (χ3n) is 3.10. The zero-order valence-electron chi connectivity index (χ0n) is 13.4. The van der Waals surface area contributed by atoms with E-state index in [1.165, 1.54) is 0 Å². The zero-order chi connectivity index (χ0) is 16.5. The Kier molecular flexibility index (Phi) is 6.32. The molecule has 1 amide bonds. The highest BCUT2D eigenvalue weighted by Crippen LogP contribution is 2.12. The average molecular weight is 311 g/mol. The molecular weight excluding hydrogens is 290 g/mol. The average Bonchev–Trinajstić information content (AvgIpc) is 2.56. The molecule has 0 aromatic heterocycles. The molecule has 1 N–H and O–H groups in total. The molecule has 0 atom stereocenters. The summed E-state index contributed by atoms with van der Waals surface area (Å²) in [5, 5.41) is 3.95. The van der Waals surface area contributed by atoms with Crippen molar-refractivity contribution in [1.29, 1.82) is 0 Å². The molecule has 0 heterocycles. The van der Waals surface area contributed by atoms with Crippen LogP contribution in [0.4, 0.5) is 0 Å².